The highest BCUT2D eigenvalue weighted by Crippen LogP contribution is 2.23. The minimum atomic E-state index is -1.32. The van der Waals surface area contributed by atoms with Crippen LogP contribution in [-0.2, 0) is 4.79 Å². The number of H-pyrrole nitrogens is 1. The average molecular weight is 536 g/mol. The van der Waals surface area contributed by atoms with Gasteiger partial charge in [0, 0.05) is 16.1 Å². The fraction of sp³-hybridized carbons (Fsp3) is 0.115. The average Bonchev–Trinajstić information content (AvgIpc) is 3.32. The molecule has 3 aromatic carbocycles. The third-order valence-electron chi connectivity index (χ3n) is 5.10. The number of carboxylic acid groups (broad SMARTS) is 1. The fourth-order valence-electron chi connectivity index (χ4n) is 3.42. The maximum Gasteiger partial charge on any atom is 0.342 e. The zero-order valence-electron chi connectivity index (χ0n) is 19.7. The van der Waals surface area contributed by atoms with Crippen molar-refractivity contribution in [3.05, 3.63) is 88.9 Å². The van der Waals surface area contributed by atoms with Crippen molar-refractivity contribution in [3.8, 4) is 22.8 Å². The van der Waals surface area contributed by atoms with Gasteiger partial charge in [0.15, 0.2) is 0 Å². The SMILES string of the molecule is CCOc1ccc(-[n+]2c(SCC(=O)NN=Cc3ccccc3C(=O)[O-])n[nH]c2-c2ccc(Cl)cc2)cc1. The zero-order chi connectivity index (χ0) is 26.2. The minimum absolute atomic E-state index is 0.0153. The summed E-state index contributed by atoms with van der Waals surface area (Å²) in [4.78, 5) is 23.7. The molecular weight excluding hydrogens is 514 g/mol. The lowest BCUT2D eigenvalue weighted by atomic mass is 10.1. The molecule has 188 valence electrons. The fourth-order valence-corrected chi connectivity index (χ4v) is 4.31. The molecule has 37 heavy (non-hydrogen) atoms. The highest BCUT2D eigenvalue weighted by molar-refractivity contribution is 7.99. The number of nitrogens with zero attached hydrogens (tertiary/aromatic N) is 3. The number of ether oxygens (including phenoxy) is 1. The van der Waals surface area contributed by atoms with Gasteiger partial charge >= 0.3 is 5.16 Å². The van der Waals surface area contributed by atoms with E-state index in [0.717, 1.165) is 17.0 Å². The molecule has 0 saturated carbocycles. The van der Waals surface area contributed by atoms with E-state index in [0.29, 0.717) is 28.2 Å². The van der Waals surface area contributed by atoms with Crippen molar-refractivity contribution in [1.29, 1.82) is 0 Å². The van der Waals surface area contributed by atoms with Crippen LogP contribution in [0.1, 0.15) is 22.8 Å². The molecule has 0 aliphatic carbocycles. The lowest BCUT2D eigenvalue weighted by molar-refractivity contribution is -0.625. The van der Waals surface area contributed by atoms with Gasteiger partial charge in [0.2, 0.25) is 0 Å². The molecule has 0 aliphatic rings. The van der Waals surface area contributed by atoms with Gasteiger partial charge in [-0.05, 0) is 67.2 Å². The number of thioether (sulfide) groups is 1. The maximum atomic E-state index is 12.5. The summed E-state index contributed by atoms with van der Waals surface area (Å²) in [5, 5.41) is 23.7. The van der Waals surface area contributed by atoms with Crippen molar-refractivity contribution in [1.82, 2.24) is 15.6 Å². The van der Waals surface area contributed by atoms with Gasteiger partial charge in [0.05, 0.1) is 35.2 Å². The lowest BCUT2D eigenvalue weighted by Crippen LogP contribution is -2.34. The molecule has 0 atom stereocenters. The molecule has 1 amide bonds. The summed E-state index contributed by atoms with van der Waals surface area (Å²) in [7, 11) is 0. The van der Waals surface area contributed by atoms with Crippen LogP contribution >= 0.6 is 23.4 Å². The first-order chi connectivity index (χ1) is 18.0. The van der Waals surface area contributed by atoms with Crippen molar-refractivity contribution in [3.63, 3.8) is 0 Å². The molecule has 2 N–H and O–H groups in total. The van der Waals surface area contributed by atoms with Gasteiger partial charge in [-0.1, -0.05) is 35.9 Å². The number of carboxylic acids is 1. The number of aromatic nitrogens is 3. The van der Waals surface area contributed by atoms with Gasteiger partial charge in [0.25, 0.3) is 11.7 Å². The Kier molecular flexibility index (Phi) is 8.55. The minimum Gasteiger partial charge on any atom is -0.545 e. The van der Waals surface area contributed by atoms with E-state index in [1.165, 1.54) is 24.0 Å². The van der Waals surface area contributed by atoms with E-state index in [4.69, 9.17) is 16.3 Å². The third kappa shape index (κ3) is 6.54. The smallest absolute Gasteiger partial charge is 0.342 e. The van der Waals surface area contributed by atoms with Crippen LogP contribution < -0.4 is 19.8 Å². The summed E-state index contributed by atoms with van der Waals surface area (Å²) in [6, 6.07) is 21.1. The van der Waals surface area contributed by atoms with Crippen LogP contribution in [0.2, 0.25) is 5.02 Å². The topological polar surface area (TPSA) is 123 Å². The van der Waals surface area contributed by atoms with Crippen molar-refractivity contribution >= 4 is 41.5 Å². The number of carbonyl (C=O) groups is 2. The monoisotopic (exact) mass is 535 g/mol. The summed E-state index contributed by atoms with van der Waals surface area (Å²) in [6.45, 7) is 2.48. The van der Waals surface area contributed by atoms with Crippen LogP contribution in [0.25, 0.3) is 17.1 Å². The third-order valence-corrected chi connectivity index (χ3v) is 6.29. The Hall–Kier alpha value is -4.15. The Bertz CT molecular complexity index is 1420. The molecule has 1 heterocycles. The van der Waals surface area contributed by atoms with Crippen molar-refractivity contribution in [2.45, 2.75) is 12.1 Å². The van der Waals surface area contributed by atoms with Crippen LogP contribution in [0.15, 0.2) is 83.1 Å². The number of nitrogens with one attached hydrogen (secondary N) is 2. The number of hydrogen-bond acceptors (Lipinski definition) is 7. The summed E-state index contributed by atoms with van der Waals surface area (Å²) < 4.78 is 7.45. The molecule has 0 spiro atoms. The predicted molar refractivity (Wildman–Crippen MR) is 139 cm³/mol. The highest BCUT2D eigenvalue weighted by Gasteiger charge is 2.24. The first-order valence-corrected chi connectivity index (χ1v) is 12.6. The van der Waals surface area contributed by atoms with Gasteiger partial charge < -0.3 is 14.6 Å². The van der Waals surface area contributed by atoms with Crippen LogP contribution in [0.3, 0.4) is 0 Å². The molecule has 0 aliphatic heterocycles. The van der Waals surface area contributed by atoms with Crippen LogP contribution in [-0.4, -0.2) is 40.6 Å². The molecule has 9 nitrogen and oxygen atoms in total. The second-order valence-corrected chi connectivity index (χ2v) is 8.96. The van der Waals surface area contributed by atoms with Crippen LogP contribution in [0.5, 0.6) is 5.75 Å². The molecular formula is C26H22ClN5O4S. The van der Waals surface area contributed by atoms with Crippen LogP contribution in [0, 0.1) is 0 Å². The standard InChI is InChI=1S/C26H22ClN5O4S/c1-2-36-21-13-11-20(12-14-21)32-24(17-7-9-19(27)10-8-17)30-31-26(32)37-16-23(33)29-28-15-18-5-3-4-6-22(18)25(34)35/h3-15H,2,16H2,1H3,(H2,29,33,34,35). The zero-order valence-corrected chi connectivity index (χ0v) is 21.3. The maximum absolute atomic E-state index is 12.5. The van der Waals surface area contributed by atoms with E-state index < -0.39 is 5.97 Å². The van der Waals surface area contributed by atoms with E-state index >= 15 is 0 Å². The molecule has 0 bridgehead atoms. The second kappa shape index (κ2) is 12.2. The van der Waals surface area contributed by atoms with E-state index in [-0.39, 0.29) is 17.2 Å². The number of carbonyl (C=O) groups excluding carboxylic acids is 2. The molecule has 4 rings (SSSR count). The largest absolute Gasteiger partial charge is 0.545 e. The molecule has 0 radical (unpaired) electrons. The molecule has 0 saturated heterocycles. The van der Waals surface area contributed by atoms with Gasteiger partial charge in [-0.15, -0.1) is 5.10 Å². The predicted octanol–water partition coefficient (Wildman–Crippen LogP) is 3.01. The first-order valence-electron chi connectivity index (χ1n) is 11.2. The quantitative estimate of drug-likeness (QED) is 0.139. The summed E-state index contributed by atoms with van der Waals surface area (Å²) >= 11 is 7.27. The van der Waals surface area contributed by atoms with Gasteiger partial charge in [-0.2, -0.15) is 9.67 Å². The molecule has 4 aromatic rings. The molecule has 0 fully saturated rings. The number of halogens is 1. The lowest BCUT2D eigenvalue weighted by Gasteiger charge is -2.07. The van der Waals surface area contributed by atoms with Crippen molar-refractivity contribution in [2.75, 3.05) is 12.4 Å². The summed E-state index contributed by atoms with van der Waals surface area (Å²) in [6.07, 6.45) is 1.26. The second-order valence-electron chi connectivity index (χ2n) is 7.58. The summed E-state index contributed by atoms with van der Waals surface area (Å²) in [5.74, 6) is -0.239. The number of rotatable bonds is 10. The number of aromatic carboxylic acids is 1. The Morgan fingerprint density at radius 2 is 1.86 bits per heavy atom. The van der Waals surface area contributed by atoms with E-state index in [2.05, 4.69) is 20.7 Å². The number of amides is 1. The summed E-state index contributed by atoms with van der Waals surface area (Å²) in [5.41, 5.74) is 4.40. The van der Waals surface area contributed by atoms with Gasteiger partial charge in [0.1, 0.15) is 11.4 Å². The van der Waals surface area contributed by atoms with Gasteiger partial charge in [-0.25, -0.2) is 5.43 Å². The number of hydrazone groups is 1. The van der Waals surface area contributed by atoms with E-state index in [9.17, 15) is 14.7 Å². The van der Waals surface area contributed by atoms with Crippen LogP contribution in [0.4, 0.5) is 0 Å². The Morgan fingerprint density at radius 1 is 1.14 bits per heavy atom. The number of aromatic amines is 1. The molecule has 11 heteroatoms. The normalized spacial score (nSPS) is 11.0. The molecule has 0 unspecified atom stereocenters. The van der Waals surface area contributed by atoms with Crippen molar-refractivity contribution < 1.29 is 24.0 Å². The van der Waals surface area contributed by atoms with E-state index in [1.807, 2.05) is 47.9 Å². The first kappa shape index (κ1) is 25.9. The number of hydrogen-bond donors (Lipinski definition) is 2. The Balaban J connectivity index is 1.52. The van der Waals surface area contributed by atoms with E-state index in [1.54, 1.807) is 30.3 Å². The highest BCUT2D eigenvalue weighted by atomic mass is 35.5. The Morgan fingerprint density at radius 3 is 2.57 bits per heavy atom. The van der Waals surface area contributed by atoms with Crippen molar-refractivity contribution in [2.24, 2.45) is 5.10 Å². The number of benzene rings is 3. The van der Waals surface area contributed by atoms with Gasteiger partial charge in [-0.3, -0.25) is 4.79 Å². The molecule has 1 aromatic heterocycles. The Labute approximate surface area is 222 Å².